The van der Waals surface area contributed by atoms with Crippen LogP contribution in [0.2, 0.25) is 0 Å². The van der Waals surface area contributed by atoms with Crippen LogP contribution in [0.5, 0.6) is 0 Å². The third-order valence-corrected chi connectivity index (χ3v) is 4.68. The largest absolute Gasteiger partial charge is 0.274 e. The van der Waals surface area contributed by atoms with Crippen molar-refractivity contribution in [2.45, 2.75) is 19.4 Å². The molecule has 1 aliphatic rings. The van der Waals surface area contributed by atoms with E-state index in [-0.39, 0.29) is 11.0 Å². The van der Waals surface area contributed by atoms with Crippen LogP contribution in [0.4, 0.5) is 0 Å². The van der Waals surface area contributed by atoms with Crippen molar-refractivity contribution >= 4 is 26.7 Å². The molecule has 1 aromatic heterocycles. The van der Waals surface area contributed by atoms with Crippen LogP contribution in [0.3, 0.4) is 0 Å². The molecule has 0 amide bonds. The zero-order valence-electron chi connectivity index (χ0n) is 9.40. The Balaban J connectivity index is 2.06. The lowest BCUT2D eigenvalue weighted by Gasteiger charge is -2.12. The van der Waals surface area contributed by atoms with E-state index in [0.29, 0.717) is 0 Å². The quantitative estimate of drug-likeness (QED) is 0.815. The normalized spacial score (nSPS) is 17.2. The van der Waals surface area contributed by atoms with Gasteiger partial charge in [0.1, 0.15) is 0 Å². The summed E-state index contributed by atoms with van der Waals surface area (Å²) in [6.45, 7) is 0.724. The molecule has 0 aliphatic heterocycles. The highest BCUT2D eigenvalue weighted by atomic mass is 79.9. The Morgan fingerprint density at radius 1 is 1.35 bits per heavy atom. The molecule has 1 aromatic carbocycles. The van der Waals surface area contributed by atoms with Gasteiger partial charge in [0, 0.05) is 10.7 Å². The number of nitrogens with zero attached hydrogens (tertiary/aromatic N) is 2. The van der Waals surface area contributed by atoms with Crippen molar-refractivity contribution in [3.05, 3.63) is 40.8 Å². The first-order chi connectivity index (χ1) is 8.24. The highest BCUT2D eigenvalue weighted by Crippen LogP contribution is 2.48. The van der Waals surface area contributed by atoms with Crippen molar-refractivity contribution in [2.24, 2.45) is 5.41 Å². The van der Waals surface area contributed by atoms with Gasteiger partial charge < -0.3 is 0 Å². The fourth-order valence-electron chi connectivity index (χ4n) is 2.07. The molecule has 0 unspecified atom stereocenters. The van der Waals surface area contributed by atoms with E-state index in [1.807, 2.05) is 24.3 Å². The summed E-state index contributed by atoms with van der Waals surface area (Å²) in [4.78, 5) is 12.2. The van der Waals surface area contributed by atoms with E-state index in [2.05, 4.69) is 21.0 Å². The van der Waals surface area contributed by atoms with Crippen LogP contribution in [0.25, 0.3) is 10.8 Å². The number of hydrogen-bond donors (Lipinski definition) is 0. The lowest BCUT2D eigenvalue weighted by Crippen LogP contribution is -2.27. The monoisotopic (exact) mass is 292 g/mol. The average Bonchev–Trinajstić information content (AvgIpc) is 3.14. The maximum Gasteiger partial charge on any atom is 0.274 e. The molecule has 3 rings (SSSR count). The summed E-state index contributed by atoms with van der Waals surface area (Å²) < 4.78 is 1.61. The predicted octanol–water partition coefficient (Wildman–Crippen LogP) is 2.57. The number of hydrogen-bond acceptors (Lipinski definition) is 2. The number of fused-ring (bicyclic) bond motifs is 1. The summed E-state index contributed by atoms with van der Waals surface area (Å²) in [6, 6.07) is 7.61. The van der Waals surface area contributed by atoms with Crippen LogP contribution < -0.4 is 5.56 Å². The van der Waals surface area contributed by atoms with Crippen molar-refractivity contribution < 1.29 is 0 Å². The van der Waals surface area contributed by atoms with Gasteiger partial charge in [-0.1, -0.05) is 34.1 Å². The summed E-state index contributed by atoms with van der Waals surface area (Å²) >= 11 is 3.52. The van der Waals surface area contributed by atoms with Gasteiger partial charge in [0.15, 0.2) is 0 Å². The summed E-state index contributed by atoms with van der Waals surface area (Å²) in [5.74, 6) is 0. The van der Waals surface area contributed by atoms with Crippen molar-refractivity contribution in [3.63, 3.8) is 0 Å². The maximum atomic E-state index is 12.2. The Kier molecular flexibility index (Phi) is 2.54. The highest BCUT2D eigenvalue weighted by Gasteiger charge is 2.42. The molecule has 88 valence electrons. The zero-order valence-corrected chi connectivity index (χ0v) is 11.0. The molecule has 0 bridgehead atoms. The number of alkyl halides is 1. The minimum absolute atomic E-state index is 0.0234. The molecule has 1 aliphatic carbocycles. The fourth-order valence-corrected chi connectivity index (χ4v) is 2.81. The molecule has 1 fully saturated rings. The lowest BCUT2D eigenvalue weighted by atomic mass is 10.1. The van der Waals surface area contributed by atoms with Crippen molar-refractivity contribution in [1.82, 2.24) is 9.78 Å². The minimum atomic E-state index is 0.0234. The summed E-state index contributed by atoms with van der Waals surface area (Å²) in [7, 11) is 0. The first-order valence-corrected chi connectivity index (χ1v) is 6.87. The molecule has 3 nitrogen and oxygen atoms in total. The minimum Gasteiger partial charge on any atom is -0.267 e. The van der Waals surface area contributed by atoms with Gasteiger partial charge in [-0.3, -0.25) is 4.79 Å². The third-order valence-electron chi connectivity index (χ3n) is 3.49. The number of aromatic nitrogens is 2. The fraction of sp³-hybridized carbons (Fsp3) is 0.385. The van der Waals surface area contributed by atoms with E-state index in [0.717, 1.165) is 22.6 Å². The molecule has 0 spiro atoms. The van der Waals surface area contributed by atoms with Gasteiger partial charge in [0.25, 0.3) is 5.56 Å². The number of halogens is 1. The Labute approximate surface area is 108 Å². The molecule has 2 aromatic rings. The molecule has 0 radical (unpaired) electrons. The van der Waals surface area contributed by atoms with Crippen LogP contribution in [0.15, 0.2) is 35.3 Å². The molecule has 4 heteroatoms. The standard InChI is InChI=1S/C13H13BrN2O/c14-8-13(5-6-13)9-16-12(17)11-4-2-1-3-10(11)7-15-16/h1-4,7H,5-6,8-9H2. The molecular weight excluding hydrogens is 280 g/mol. The Hall–Kier alpha value is -1.16. The molecule has 17 heavy (non-hydrogen) atoms. The summed E-state index contributed by atoms with van der Waals surface area (Å²) in [5.41, 5.74) is 0.287. The van der Waals surface area contributed by atoms with Crippen LogP contribution in [0.1, 0.15) is 12.8 Å². The van der Waals surface area contributed by atoms with Gasteiger partial charge in [0.05, 0.1) is 18.1 Å². The molecule has 0 saturated heterocycles. The van der Waals surface area contributed by atoms with Gasteiger partial charge in [-0.15, -0.1) is 0 Å². The van der Waals surface area contributed by atoms with Gasteiger partial charge in [-0.2, -0.15) is 5.10 Å². The third kappa shape index (κ3) is 1.90. The van der Waals surface area contributed by atoms with Crippen molar-refractivity contribution in [2.75, 3.05) is 5.33 Å². The second-order valence-corrected chi connectivity index (χ2v) is 5.39. The van der Waals surface area contributed by atoms with Gasteiger partial charge in [0.2, 0.25) is 0 Å². The summed E-state index contributed by atoms with van der Waals surface area (Å²) in [6.07, 6.45) is 4.14. The number of benzene rings is 1. The molecular formula is C13H13BrN2O. The summed E-state index contributed by atoms with van der Waals surface area (Å²) in [5, 5.41) is 6.88. The SMILES string of the molecule is O=c1c2ccccc2cnn1CC1(CBr)CC1. The first-order valence-electron chi connectivity index (χ1n) is 5.75. The van der Waals surface area contributed by atoms with Crippen LogP contribution >= 0.6 is 15.9 Å². The molecule has 0 N–H and O–H groups in total. The molecule has 0 atom stereocenters. The first kappa shape index (κ1) is 11.0. The number of rotatable bonds is 3. The molecule has 1 heterocycles. The maximum absolute atomic E-state index is 12.2. The van der Waals surface area contributed by atoms with Crippen molar-refractivity contribution in [1.29, 1.82) is 0 Å². The second kappa shape index (κ2) is 3.95. The van der Waals surface area contributed by atoms with E-state index in [4.69, 9.17) is 0 Å². The van der Waals surface area contributed by atoms with E-state index in [9.17, 15) is 4.79 Å². The highest BCUT2D eigenvalue weighted by molar-refractivity contribution is 9.09. The van der Waals surface area contributed by atoms with Crippen LogP contribution in [-0.2, 0) is 6.54 Å². The lowest BCUT2D eigenvalue weighted by molar-refractivity contribution is 0.428. The van der Waals surface area contributed by atoms with Crippen LogP contribution in [-0.4, -0.2) is 15.1 Å². The Morgan fingerprint density at radius 3 is 2.82 bits per heavy atom. The second-order valence-electron chi connectivity index (χ2n) is 4.83. The van der Waals surface area contributed by atoms with Gasteiger partial charge >= 0.3 is 0 Å². The van der Waals surface area contributed by atoms with Crippen molar-refractivity contribution in [3.8, 4) is 0 Å². The molecule has 1 saturated carbocycles. The predicted molar refractivity (Wildman–Crippen MR) is 71.5 cm³/mol. The van der Waals surface area contributed by atoms with Crippen LogP contribution in [0, 0.1) is 5.41 Å². The Morgan fingerprint density at radius 2 is 2.12 bits per heavy atom. The van der Waals surface area contributed by atoms with E-state index in [1.165, 1.54) is 12.8 Å². The van der Waals surface area contributed by atoms with E-state index in [1.54, 1.807) is 10.9 Å². The smallest absolute Gasteiger partial charge is 0.267 e. The Bertz CT molecular complexity index is 616. The van der Waals surface area contributed by atoms with Gasteiger partial charge in [-0.05, 0) is 24.3 Å². The average molecular weight is 293 g/mol. The van der Waals surface area contributed by atoms with Gasteiger partial charge in [-0.25, -0.2) is 4.68 Å². The van der Waals surface area contributed by atoms with E-state index >= 15 is 0 Å². The topological polar surface area (TPSA) is 34.9 Å². The van der Waals surface area contributed by atoms with E-state index < -0.39 is 0 Å². The zero-order chi connectivity index (χ0) is 11.9.